The van der Waals surface area contributed by atoms with Crippen LogP contribution in [0.5, 0.6) is 0 Å². The Morgan fingerprint density at radius 2 is 1.46 bits per heavy atom. The first kappa shape index (κ1) is 22.5. The first-order valence-corrected chi connectivity index (χ1v) is 10.6. The number of hydrogen-bond donors (Lipinski definition) is 0. The predicted molar refractivity (Wildman–Crippen MR) is 112 cm³/mol. The van der Waals surface area contributed by atoms with Gasteiger partial charge in [0.1, 0.15) is 0 Å². The predicted octanol–water partition coefficient (Wildman–Crippen LogP) is 7.49. The molecule has 0 aliphatic heterocycles. The van der Waals surface area contributed by atoms with Gasteiger partial charge in [0.2, 0.25) is 0 Å². The number of unbranched alkanes of at least 4 members (excludes halogenated alkanes) is 9. The summed E-state index contributed by atoms with van der Waals surface area (Å²) in [6.45, 7) is 4.24. The van der Waals surface area contributed by atoms with E-state index in [-0.39, 0.29) is 12.1 Å². The molecule has 2 nitrogen and oxygen atoms in total. The quantitative estimate of drug-likeness (QED) is 0.184. The van der Waals surface area contributed by atoms with Crippen LogP contribution in [0.15, 0.2) is 42.5 Å². The molecule has 1 aromatic rings. The topological polar surface area (TPSA) is 26.3 Å². The maximum absolute atomic E-state index is 12.0. The third kappa shape index (κ3) is 11.9. The highest BCUT2D eigenvalue weighted by Gasteiger charge is 2.10. The number of carbonyl (C=O) groups is 1. The smallest absolute Gasteiger partial charge is 0.338 e. The van der Waals surface area contributed by atoms with E-state index in [2.05, 4.69) is 19.1 Å². The average molecular weight is 359 g/mol. The summed E-state index contributed by atoms with van der Waals surface area (Å²) < 4.78 is 5.50. The van der Waals surface area contributed by atoms with Crippen LogP contribution in [0.4, 0.5) is 0 Å². The van der Waals surface area contributed by atoms with E-state index in [0.29, 0.717) is 5.56 Å². The fourth-order valence-corrected chi connectivity index (χ4v) is 3.02. The van der Waals surface area contributed by atoms with Crippen LogP contribution in [0.1, 0.15) is 101 Å². The number of rotatable bonds is 15. The van der Waals surface area contributed by atoms with Gasteiger partial charge in [-0.05, 0) is 51.2 Å². The van der Waals surface area contributed by atoms with E-state index in [1.54, 1.807) is 12.1 Å². The summed E-state index contributed by atoms with van der Waals surface area (Å²) in [4.78, 5) is 12.0. The van der Waals surface area contributed by atoms with Crippen molar-refractivity contribution in [3.8, 4) is 0 Å². The van der Waals surface area contributed by atoms with Crippen molar-refractivity contribution in [2.24, 2.45) is 0 Å². The first-order valence-electron chi connectivity index (χ1n) is 10.6. The Kier molecular flexibility index (Phi) is 13.5. The van der Waals surface area contributed by atoms with E-state index < -0.39 is 0 Å². The van der Waals surface area contributed by atoms with Crippen LogP contribution in [0.25, 0.3) is 0 Å². The number of esters is 1. The highest BCUT2D eigenvalue weighted by Crippen LogP contribution is 2.13. The Morgan fingerprint density at radius 1 is 0.885 bits per heavy atom. The number of ether oxygens (including phenoxy) is 1. The van der Waals surface area contributed by atoms with E-state index in [1.807, 2.05) is 25.1 Å². The van der Waals surface area contributed by atoms with Crippen LogP contribution in [-0.4, -0.2) is 12.1 Å². The standard InChI is InChI=1S/C24H38O2/c1-3-4-5-6-7-8-9-10-11-12-13-14-16-19-22(2)26-24(25)23-20-17-15-18-21-23/h6-7,15,17-18,20-22H,3-5,8-14,16,19H2,1-2H3/b7-6-. The van der Waals surface area contributed by atoms with Crippen LogP contribution in [-0.2, 0) is 4.74 Å². The van der Waals surface area contributed by atoms with Gasteiger partial charge in [-0.15, -0.1) is 0 Å². The zero-order chi connectivity index (χ0) is 18.9. The molecule has 0 saturated carbocycles. The fourth-order valence-electron chi connectivity index (χ4n) is 3.02. The van der Waals surface area contributed by atoms with E-state index in [9.17, 15) is 4.79 Å². The van der Waals surface area contributed by atoms with E-state index >= 15 is 0 Å². The number of benzene rings is 1. The summed E-state index contributed by atoms with van der Waals surface area (Å²) >= 11 is 0. The van der Waals surface area contributed by atoms with Crippen molar-refractivity contribution in [3.63, 3.8) is 0 Å². The molecule has 1 unspecified atom stereocenters. The number of hydrogen-bond acceptors (Lipinski definition) is 2. The second kappa shape index (κ2) is 15.7. The Hall–Kier alpha value is -1.57. The molecule has 0 saturated heterocycles. The molecule has 0 heterocycles. The van der Waals surface area contributed by atoms with Crippen LogP contribution < -0.4 is 0 Å². The van der Waals surface area contributed by atoms with Gasteiger partial charge < -0.3 is 4.74 Å². The van der Waals surface area contributed by atoms with Crippen LogP contribution >= 0.6 is 0 Å². The van der Waals surface area contributed by atoms with E-state index in [0.717, 1.165) is 12.8 Å². The Morgan fingerprint density at radius 3 is 2.12 bits per heavy atom. The summed E-state index contributed by atoms with van der Waals surface area (Å²) in [5.74, 6) is -0.207. The molecular weight excluding hydrogens is 320 g/mol. The zero-order valence-electron chi connectivity index (χ0n) is 16.9. The molecule has 26 heavy (non-hydrogen) atoms. The van der Waals surface area contributed by atoms with E-state index in [1.165, 1.54) is 64.2 Å². The normalized spacial score (nSPS) is 12.4. The fraction of sp³-hybridized carbons (Fsp3) is 0.625. The lowest BCUT2D eigenvalue weighted by atomic mass is 10.1. The van der Waals surface area contributed by atoms with Crippen molar-refractivity contribution in [1.82, 2.24) is 0 Å². The van der Waals surface area contributed by atoms with Gasteiger partial charge in [0.15, 0.2) is 0 Å². The maximum atomic E-state index is 12.0. The first-order chi connectivity index (χ1) is 12.7. The van der Waals surface area contributed by atoms with Gasteiger partial charge in [0.25, 0.3) is 0 Å². The Balaban J connectivity index is 1.91. The van der Waals surface area contributed by atoms with Crippen LogP contribution in [0.3, 0.4) is 0 Å². The molecule has 1 aromatic carbocycles. The zero-order valence-corrected chi connectivity index (χ0v) is 16.9. The molecule has 0 aliphatic carbocycles. The molecule has 0 bridgehead atoms. The lowest BCUT2D eigenvalue weighted by Gasteiger charge is -2.13. The third-order valence-corrected chi connectivity index (χ3v) is 4.69. The molecule has 1 rings (SSSR count). The molecule has 0 aromatic heterocycles. The van der Waals surface area contributed by atoms with Gasteiger partial charge in [0, 0.05) is 0 Å². The maximum Gasteiger partial charge on any atom is 0.338 e. The molecule has 0 radical (unpaired) electrons. The average Bonchev–Trinajstić information content (AvgIpc) is 2.66. The monoisotopic (exact) mass is 358 g/mol. The van der Waals surface area contributed by atoms with Crippen LogP contribution in [0, 0.1) is 0 Å². The summed E-state index contributed by atoms with van der Waals surface area (Å²) in [5.41, 5.74) is 0.638. The summed E-state index contributed by atoms with van der Waals surface area (Å²) in [6, 6.07) is 9.24. The van der Waals surface area contributed by atoms with Gasteiger partial charge >= 0.3 is 5.97 Å². The minimum atomic E-state index is -0.207. The third-order valence-electron chi connectivity index (χ3n) is 4.69. The van der Waals surface area contributed by atoms with Gasteiger partial charge in [-0.3, -0.25) is 0 Å². The number of allylic oxidation sites excluding steroid dienone is 2. The second-order valence-corrected chi connectivity index (χ2v) is 7.25. The molecule has 2 heteroatoms. The van der Waals surface area contributed by atoms with Crippen molar-refractivity contribution >= 4 is 5.97 Å². The van der Waals surface area contributed by atoms with Crippen molar-refractivity contribution in [2.45, 2.75) is 97.0 Å². The van der Waals surface area contributed by atoms with Crippen LogP contribution in [0.2, 0.25) is 0 Å². The van der Waals surface area contributed by atoms with E-state index in [4.69, 9.17) is 4.74 Å². The minimum Gasteiger partial charge on any atom is -0.459 e. The van der Waals surface area contributed by atoms with Gasteiger partial charge in [-0.25, -0.2) is 4.79 Å². The minimum absolute atomic E-state index is 0.00204. The SMILES string of the molecule is CCCC/C=C\CCCCCCCCCC(C)OC(=O)c1ccccc1. The lowest BCUT2D eigenvalue weighted by Crippen LogP contribution is -2.14. The molecule has 1 atom stereocenters. The highest BCUT2D eigenvalue weighted by atomic mass is 16.5. The van der Waals surface area contributed by atoms with Crippen molar-refractivity contribution in [2.75, 3.05) is 0 Å². The summed E-state index contributed by atoms with van der Waals surface area (Å²) in [7, 11) is 0. The van der Waals surface area contributed by atoms with Crippen molar-refractivity contribution < 1.29 is 9.53 Å². The molecule has 0 amide bonds. The highest BCUT2D eigenvalue weighted by molar-refractivity contribution is 5.89. The second-order valence-electron chi connectivity index (χ2n) is 7.25. The molecule has 146 valence electrons. The van der Waals surface area contributed by atoms with Gasteiger partial charge in [-0.1, -0.05) is 82.2 Å². The largest absolute Gasteiger partial charge is 0.459 e. The lowest BCUT2D eigenvalue weighted by molar-refractivity contribution is 0.0319. The summed E-state index contributed by atoms with van der Waals surface area (Å²) in [5, 5.41) is 0. The van der Waals surface area contributed by atoms with Crippen molar-refractivity contribution in [3.05, 3.63) is 48.0 Å². The molecule has 0 fully saturated rings. The molecule has 0 N–H and O–H groups in total. The molecular formula is C24H38O2. The van der Waals surface area contributed by atoms with Gasteiger partial charge in [-0.2, -0.15) is 0 Å². The Bertz CT molecular complexity index is 478. The Labute approximate surface area is 161 Å². The van der Waals surface area contributed by atoms with Gasteiger partial charge in [0.05, 0.1) is 11.7 Å². The number of carbonyl (C=O) groups excluding carboxylic acids is 1. The molecule has 0 spiro atoms. The molecule has 0 aliphatic rings. The summed E-state index contributed by atoms with van der Waals surface area (Å²) in [6.07, 6.45) is 19.8. The van der Waals surface area contributed by atoms with Crippen molar-refractivity contribution in [1.29, 1.82) is 0 Å².